The van der Waals surface area contributed by atoms with Crippen LogP contribution in [0.5, 0.6) is 0 Å². The van der Waals surface area contributed by atoms with E-state index in [2.05, 4.69) is 21.2 Å². The van der Waals surface area contributed by atoms with Crippen molar-refractivity contribution in [3.8, 4) is 0 Å². The Hall–Kier alpha value is -1.40. The molecule has 0 fully saturated rings. The van der Waals surface area contributed by atoms with Gasteiger partial charge in [0, 0.05) is 22.5 Å². The number of carboxylic acid groups (broad SMARTS) is 1. The van der Waals surface area contributed by atoms with E-state index in [1.54, 1.807) is 17.5 Å². The molecule has 2 rings (SSSR count). The van der Waals surface area contributed by atoms with E-state index in [9.17, 15) is 9.18 Å². The summed E-state index contributed by atoms with van der Waals surface area (Å²) in [6.45, 7) is 2.33. The van der Waals surface area contributed by atoms with Gasteiger partial charge in [-0.2, -0.15) is 0 Å². The van der Waals surface area contributed by atoms with Gasteiger partial charge < -0.3 is 10.4 Å². The van der Waals surface area contributed by atoms with Gasteiger partial charge in [-0.1, -0.05) is 0 Å². The van der Waals surface area contributed by atoms with E-state index in [0.717, 1.165) is 16.1 Å². The SMILES string of the molecule is Cc1cc(F)c(Br)cc1NCc1cc(C(=O)O)cs1. The minimum absolute atomic E-state index is 0.291. The van der Waals surface area contributed by atoms with Gasteiger partial charge in [0.25, 0.3) is 0 Å². The van der Waals surface area contributed by atoms with Crippen LogP contribution in [0, 0.1) is 12.7 Å². The molecule has 1 aromatic carbocycles. The number of nitrogens with one attached hydrogen (secondary N) is 1. The Morgan fingerprint density at radius 1 is 1.47 bits per heavy atom. The van der Waals surface area contributed by atoms with Crippen LogP contribution in [0.2, 0.25) is 0 Å². The molecule has 0 aliphatic carbocycles. The summed E-state index contributed by atoms with van der Waals surface area (Å²) in [5.41, 5.74) is 1.91. The summed E-state index contributed by atoms with van der Waals surface area (Å²) in [7, 11) is 0. The molecule has 1 heterocycles. The Balaban J connectivity index is 2.09. The van der Waals surface area contributed by atoms with Gasteiger partial charge in [0.15, 0.2) is 0 Å². The Kier molecular flexibility index (Phi) is 4.21. The first-order valence-electron chi connectivity index (χ1n) is 5.47. The van der Waals surface area contributed by atoms with Crippen molar-refractivity contribution in [1.29, 1.82) is 0 Å². The quantitative estimate of drug-likeness (QED) is 0.871. The smallest absolute Gasteiger partial charge is 0.336 e. The van der Waals surface area contributed by atoms with Crippen molar-refractivity contribution in [1.82, 2.24) is 0 Å². The van der Waals surface area contributed by atoms with Crippen LogP contribution < -0.4 is 5.32 Å². The standard InChI is InChI=1S/C13H11BrFNO2S/c1-7-2-11(15)10(14)4-12(7)16-5-9-3-8(6-19-9)13(17)18/h2-4,6,16H,5H2,1H3,(H,17,18). The third-order valence-electron chi connectivity index (χ3n) is 2.62. The summed E-state index contributed by atoms with van der Waals surface area (Å²) in [5.74, 6) is -1.23. The average Bonchev–Trinajstić information content (AvgIpc) is 2.81. The summed E-state index contributed by atoms with van der Waals surface area (Å²) in [5, 5.41) is 13.6. The molecule has 0 bridgehead atoms. The molecular weight excluding hydrogens is 333 g/mol. The van der Waals surface area contributed by atoms with E-state index < -0.39 is 5.97 Å². The van der Waals surface area contributed by atoms with Crippen LogP contribution in [0.25, 0.3) is 0 Å². The minimum Gasteiger partial charge on any atom is -0.478 e. The first-order valence-corrected chi connectivity index (χ1v) is 7.15. The fourth-order valence-electron chi connectivity index (χ4n) is 1.60. The predicted molar refractivity (Wildman–Crippen MR) is 77.4 cm³/mol. The van der Waals surface area contributed by atoms with E-state index in [-0.39, 0.29) is 5.82 Å². The fourth-order valence-corrected chi connectivity index (χ4v) is 2.75. The molecule has 1 aromatic heterocycles. The van der Waals surface area contributed by atoms with Crippen LogP contribution in [0.1, 0.15) is 20.8 Å². The molecule has 19 heavy (non-hydrogen) atoms. The van der Waals surface area contributed by atoms with Gasteiger partial charge in [-0.3, -0.25) is 0 Å². The minimum atomic E-state index is -0.928. The van der Waals surface area contributed by atoms with Gasteiger partial charge in [-0.15, -0.1) is 11.3 Å². The monoisotopic (exact) mass is 343 g/mol. The first kappa shape index (κ1) is 14.0. The molecule has 0 saturated heterocycles. The number of anilines is 1. The molecule has 0 saturated carbocycles. The number of carbonyl (C=O) groups is 1. The third-order valence-corrected chi connectivity index (χ3v) is 4.17. The molecule has 100 valence electrons. The fraction of sp³-hybridized carbons (Fsp3) is 0.154. The van der Waals surface area contributed by atoms with E-state index in [4.69, 9.17) is 5.11 Å². The van der Waals surface area contributed by atoms with Crippen LogP contribution >= 0.6 is 27.3 Å². The predicted octanol–water partition coefficient (Wildman–Crippen LogP) is 4.27. The lowest BCUT2D eigenvalue weighted by Gasteiger charge is -2.09. The Morgan fingerprint density at radius 3 is 2.84 bits per heavy atom. The van der Waals surface area contributed by atoms with Gasteiger partial charge >= 0.3 is 5.97 Å². The zero-order chi connectivity index (χ0) is 14.0. The molecule has 0 atom stereocenters. The number of carboxylic acids is 1. The molecular formula is C13H11BrFNO2S. The van der Waals surface area contributed by atoms with Crippen molar-refractivity contribution < 1.29 is 14.3 Å². The number of thiophene rings is 1. The molecule has 0 spiro atoms. The maximum atomic E-state index is 13.3. The number of hydrogen-bond donors (Lipinski definition) is 2. The lowest BCUT2D eigenvalue weighted by Crippen LogP contribution is -2.00. The summed E-state index contributed by atoms with van der Waals surface area (Å²) < 4.78 is 13.7. The number of halogens is 2. The second-order valence-electron chi connectivity index (χ2n) is 4.04. The van der Waals surface area contributed by atoms with Crippen molar-refractivity contribution in [2.45, 2.75) is 13.5 Å². The van der Waals surface area contributed by atoms with E-state index >= 15 is 0 Å². The Morgan fingerprint density at radius 2 is 2.21 bits per heavy atom. The number of aromatic carboxylic acids is 1. The average molecular weight is 344 g/mol. The largest absolute Gasteiger partial charge is 0.478 e. The van der Waals surface area contributed by atoms with Crippen molar-refractivity contribution in [2.75, 3.05) is 5.32 Å². The van der Waals surface area contributed by atoms with Crippen molar-refractivity contribution in [3.05, 3.63) is 49.9 Å². The van der Waals surface area contributed by atoms with Crippen LogP contribution in [0.4, 0.5) is 10.1 Å². The lowest BCUT2D eigenvalue weighted by molar-refractivity contribution is 0.0697. The first-order chi connectivity index (χ1) is 8.97. The number of rotatable bonds is 4. The summed E-state index contributed by atoms with van der Waals surface area (Å²) in [4.78, 5) is 11.7. The lowest BCUT2D eigenvalue weighted by atomic mass is 10.2. The molecule has 0 radical (unpaired) electrons. The highest BCUT2D eigenvalue weighted by Crippen LogP contribution is 2.25. The van der Waals surface area contributed by atoms with Gasteiger partial charge in [-0.25, -0.2) is 9.18 Å². The van der Waals surface area contributed by atoms with Crippen molar-refractivity contribution >= 4 is 38.9 Å². The number of benzene rings is 1. The second-order valence-corrected chi connectivity index (χ2v) is 5.89. The van der Waals surface area contributed by atoms with Crippen molar-refractivity contribution in [3.63, 3.8) is 0 Å². The third kappa shape index (κ3) is 3.33. The molecule has 6 heteroatoms. The maximum absolute atomic E-state index is 13.3. The molecule has 0 aliphatic heterocycles. The highest BCUT2D eigenvalue weighted by Gasteiger charge is 2.08. The van der Waals surface area contributed by atoms with E-state index in [0.29, 0.717) is 16.6 Å². The second kappa shape index (κ2) is 5.71. The Labute approximate surface area is 122 Å². The van der Waals surface area contributed by atoms with E-state index in [1.807, 2.05) is 6.92 Å². The van der Waals surface area contributed by atoms with Crippen LogP contribution in [-0.2, 0) is 6.54 Å². The molecule has 0 unspecified atom stereocenters. The summed E-state index contributed by atoms with van der Waals surface area (Å²) in [6.07, 6.45) is 0. The van der Waals surface area contributed by atoms with Crippen LogP contribution in [0.15, 0.2) is 28.1 Å². The number of hydrogen-bond acceptors (Lipinski definition) is 3. The molecule has 0 aliphatic rings. The topological polar surface area (TPSA) is 49.3 Å². The maximum Gasteiger partial charge on any atom is 0.336 e. The number of aryl methyl sites for hydroxylation is 1. The normalized spacial score (nSPS) is 10.5. The zero-order valence-electron chi connectivity index (χ0n) is 10.0. The van der Waals surface area contributed by atoms with Crippen molar-refractivity contribution in [2.24, 2.45) is 0 Å². The van der Waals surface area contributed by atoms with Gasteiger partial charge in [0.1, 0.15) is 5.82 Å². The van der Waals surface area contributed by atoms with Crippen LogP contribution in [0.3, 0.4) is 0 Å². The summed E-state index contributed by atoms with van der Waals surface area (Å²) in [6, 6.07) is 4.76. The van der Waals surface area contributed by atoms with Gasteiger partial charge in [0.2, 0.25) is 0 Å². The summed E-state index contributed by atoms with van der Waals surface area (Å²) >= 11 is 4.52. The van der Waals surface area contributed by atoms with E-state index in [1.165, 1.54) is 17.4 Å². The van der Waals surface area contributed by atoms with Crippen LogP contribution in [-0.4, -0.2) is 11.1 Å². The molecule has 3 nitrogen and oxygen atoms in total. The van der Waals surface area contributed by atoms with Gasteiger partial charge in [-0.05, 0) is 46.6 Å². The zero-order valence-corrected chi connectivity index (χ0v) is 12.4. The Bertz CT molecular complexity index is 627. The van der Waals surface area contributed by atoms with Gasteiger partial charge in [0.05, 0.1) is 10.0 Å². The molecule has 0 amide bonds. The highest BCUT2D eigenvalue weighted by atomic mass is 79.9. The highest BCUT2D eigenvalue weighted by molar-refractivity contribution is 9.10. The molecule has 2 aromatic rings. The molecule has 2 N–H and O–H groups in total.